The minimum atomic E-state index is 0.0380. The SMILES string of the molecule is C=C(C)c1cccc(C#Cc2cccc(NCC(C)(C)C(=C)C)c2)c1-n1cccc1. The zero-order valence-electron chi connectivity index (χ0n) is 18.4. The van der Waals surface area contributed by atoms with Crippen LogP contribution in [0, 0.1) is 17.3 Å². The average Bonchev–Trinajstić information content (AvgIpc) is 3.25. The Bertz CT molecular complexity index is 1120. The topological polar surface area (TPSA) is 17.0 Å². The lowest BCUT2D eigenvalue weighted by molar-refractivity contribution is 0.478. The molecule has 0 fully saturated rings. The van der Waals surface area contributed by atoms with Gasteiger partial charge in [0, 0.05) is 46.7 Å². The highest BCUT2D eigenvalue weighted by Crippen LogP contribution is 2.26. The van der Waals surface area contributed by atoms with E-state index < -0.39 is 0 Å². The van der Waals surface area contributed by atoms with E-state index >= 15 is 0 Å². The Labute approximate surface area is 181 Å². The second-order valence-corrected chi connectivity index (χ2v) is 8.42. The number of allylic oxidation sites excluding steroid dienone is 1. The zero-order valence-corrected chi connectivity index (χ0v) is 18.4. The smallest absolute Gasteiger partial charge is 0.0682 e. The fourth-order valence-corrected chi connectivity index (χ4v) is 3.07. The number of benzene rings is 2. The molecular formula is C28H30N2. The Morgan fingerprint density at radius 1 is 0.967 bits per heavy atom. The maximum absolute atomic E-state index is 4.14. The molecule has 2 nitrogen and oxygen atoms in total. The molecule has 0 spiro atoms. The van der Waals surface area contributed by atoms with E-state index in [4.69, 9.17) is 0 Å². The normalized spacial score (nSPS) is 10.8. The van der Waals surface area contributed by atoms with Gasteiger partial charge < -0.3 is 9.88 Å². The molecule has 2 heteroatoms. The van der Waals surface area contributed by atoms with E-state index in [1.807, 2.05) is 49.6 Å². The first kappa shape index (κ1) is 21.3. The minimum Gasteiger partial charge on any atom is -0.384 e. The highest BCUT2D eigenvalue weighted by molar-refractivity contribution is 5.74. The van der Waals surface area contributed by atoms with Crippen LogP contribution in [0.3, 0.4) is 0 Å². The molecule has 0 atom stereocenters. The van der Waals surface area contributed by atoms with E-state index in [-0.39, 0.29) is 5.41 Å². The number of nitrogens with zero attached hydrogens (tertiary/aromatic N) is 1. The summed E-state index contributed by atoms with van der Waals surface area (Å²) in [5.41, 5.74) is 7.43. The van der Waals surface area contributed by atoms with Crippen molar-refractivity contribution in [3.05, 3.63) is 102 Å². The number of rotatable bonds is 6. The molecule has 0 aliphatic rings. The van der Waals surface area contributed by atoms with Gasteiger partial charge in [-0.3, -0.25) is 0 Å². The van der Waals surface area contributed by atoms with Crippen LogP contribution in [0.15, 0.2) is 85.7 Å². The van der Waals surface area contributed by atoms with E-state index in [0.717, 1.165) is 40.2 Å². The number of anilines is 1. The first-order chi connectivity index (χ1) is 14.3. The molecule has 0 aliphatic heterocycles. The van der Waals surface area contributed by atoms with Gasteiger partial charge in [-0.2, -0.15) is 0 Å². The van der Waals surface area contributed by atoms with Crippen LogP contribution < -0.4 is 5.32 Å². The third-order valence-corrected chi connectivity index (χ3v) is 5.45. The van der Waals surface area contributed by atoms with Crippen molar-refractivity contribution in [2.45, 2.75) is 27.7 Å². The van der Waals surface area contributed by atoms with Crippen LogP contribution in [0.4, 0.5) is 5.69 Å². The van der Waals surface area contributed by atoms with Crippen molar-refractivity contribution in [1.82, 2.24) is 4.57 Å². The van der Waals surface area contributed by atoms with Crippen molar-refractivity contribution in [3.8, 4) is 17.5 Å². The molecule has 0 saturated heterocycles. The number of hydrogen-bond acceptors (Lipinski definition) is 1. The fourth-order valence-electron chi connectivity index (χ4n) is 3.07. The van der Waals surface area contributed by atoms with Crippen molar-refractivity contribution in [1.29, 1.82) is 0 Å². The molecule has 0 bridgehead atoms. The summed E-state index contributed by atoms with van der Waals surface area (Å²) in [6.45, 7) is 17.6. The Balaban J connectivity index is 1.91. The van der Waals surface area contributed by atoms with E-state index in [1.165, 1.54) is 5.57 Å². The van der Waals surface area contributed by atoms with Crippen molar-refractivity contribution >= 4 is 11.3 Å². The van der Waals surface area contributed by atoms with Gasteiger partial charge in [0.25, 0.3) is 0 Å². The van der Waals surface area contributed by atoms with Gasteiger partial charge in [0.05, 0.1) is 5.69 Å². The Hall–Kier alpha value is -3.44. The summed E-state index contributed by atoms with van der Waals surface area (Å²) in [5.74, 6) is 6.72. The molecule has 2 aromatic carbocycles. The van der Waals surface area contributed by atoms with Crippen molar-refractivity contribution in [3.63, 3.8) is 0 Å². The second kappa shape index (κ2) is 8.93. The van der Waals surface area contributed by atoms with Crippen LogP contribution in [0.1, 0.15) is 44.4 Å². The first-order valence-electron chi connectivity index (χ1n) is 10.2. The second-order valence-electron chi connectivity index (χ2n) is 8.42. The van der Waals surface area contributed by atoms with Crippen LogP contribution in [0.5, 0.6) is 0 Å². The molecule has 152 valence electrons. The summed E-state index contributed by atoms with van der Waals surface area (Å²) in [7, 11) is 0. The minimum absolute atomic E-state index is 0.0380. The fraction of sp³-hybridized carbons (Fsp3) is 0.214. The highest BCUT2D eigenvalue weighted by Gasteiger charge is 2.18. The molecule has 1 aromatic heterocycles. The predicted octanol–water partition coefficient (Wildman–Crippen LogP) is 6.92. The summed E-state index contributed by atoms with van der Waals surface area (Å²) < 4.78 is 2.10. The third-order valence-electron chi connectivity index (χ3n) is 5.45. The molecule has 3 rings (SSSR count). The molecule has 1 N–H and O–H groups in total. The standard InChI is InChI=1S/C28H30N2/c1-21(2)26-14-10-12-24(27(26)30-17-7-8-18-30)16-15-23-11-9-13-25(19-23)29-20-28(5,6)22(3)4/h7-14,17-19,29H,1,3,20H2,2,4-6H3. The van der Waals surface area contributed by atoms with Gasteiger partial charge in [-0.25, -0.2) is 0 Å². The summed E-state index contributed by atoms with van der Waals surface area (Å²) >= 11 is 0. The largest absolute Gasteiger partial charge is 0.384 e. The van der Waals surface area contributed by atoms with Crippen LogP contribution in [0.25, 0.3) is 11.3 Å². The summed E-state index contributed by atoms with van der Waals surface area (Å²) in [5, 5.41) is 3.52. The van der Waals surface area contributed by atoms with E-state index in [0.29, 0.717) is 0 Å². The Kier molecular flexibility index (Phi) is 6.33. The lowest BCUT2D eigenvalue weighted by Gasteiger charge is -2.26. The van der Waals surface area contributed by atoms with Gasteiger partial charge in [0.15, 0.2) is 0 Å². The molecule has 0 saturated carbocycles. The third kappa shape index (κ3) is 4.93. The van der Waals surface area contributed by atoms with Crippen LogP contribution in [-0.2, 0) is 0 Å². The summed E-state index contributed by atoms with van der Waals surface area (Å²) in [6, 6.07) is 18.5. The van der Waals surface area contributed by atoms with Gasteiger partial charge in [-0.15, -0.1) is 0 Å². The van der Waals surface area contributed by atoms with Crippen LogP contribution in [-0.4, -0.2) is 11.1 Å². The summed E-state index contributed by atoms with van der Waals surface area (Å²) in [4.78, 5) is 0. The molecular weight excluding hydrogens is 364 g/mol. The van der Waals surface area contributed by atoms with Crippen LogP contribution in [0.2, 0.25) is 0 Å². The number of hydrogen-bond donors (Lipinski definition) is 1. The van der Waals surface area contributed by atoms with Gasteiger partial charge in [-0.1, -0.05) is 62.6 Å². The van der Waals surface area contributed by atoms with E-state index in [9.17, 15) is 0 Å². The monoisotopic (exact) mass is 394 g/mol. The van der Waals surface area contributed by atoms with Crippen molar-refractivity contribution in [2.75, 3.05) is 11.9 Å². The average molecular weight is 395 g/mol. The van der Waals surface area contributed by atoms with Crippen LogP contribution >= 0.6 is 0 Å². The summed E-state index contributed by atoms with van der Waals surface area (Å²) in [6.07, 6.45) is 4.08. The van der Waals surface area contributed by atoms with Gasteiger partial charge in [-0.05, 0) is 55.8 Å². The van der Waals surface area contributed by atoms with E-state index in [2.05, 4.69) is 79.9 Å². The highest BCUT2D eigenvalue weighted by atomic mass is 14.9. The first-order valence-corrected chi connectivity index (χ1v) is 10.2. The molecule has 0 amide bonds. The lowest BCUT2D eigenvalue weighted by Crippen LogP contribution is -2.23. The molecule has 0 radical (unpaired) electrons. The maximum atomic E-state index is 4.14. The van der Waals surface area contributed by atoms with Crippen molar-refractivity contribution < 1.29 is 0 Å². The molecule has 3 aromatic rings. The number of para-hydroxylation sites is 1. The molecule has 0 aliphatic carbocycles. The quantitative estimate of drug-likeness (QED) is 0.354. The zero-order chi connectivity index (χ0) is 21.7. The van der Waals surface area contributed by atoms with Crippen molar-refractivity contribution in [2.24, 2.45) is 5.41 Å². The van der Waals surface area contributed by atoms with Gasteiger partial charge in [0.2, 0.25) is 0 Å². The number of aromatic nitrogens is 1. The lowest BCUT2D eigenvalue weighted by atomic mass is 9.86. The number of nitrogens with one attached hydrogen (secondary N) is 1. The molecule has 1 heterocycles. The Morgan fingerprint density at radius 3 is 2.33 bits per heavy atom. The van der Waals surface area contributed by atoms with Gasteiger partial charge in [0.1, 0.15) is 0 Å². The predicted molar refractivity (Wildman–Crippen MR) is 130 cm³/mol. The van der Waals surface area contributed by atoms with Gasteiger partial charge >= 0.3 is 0 Å². The molecule has 30 heavy (non-hydrogen) atoms. The Morgan fingerprint density at radius 2 is 1.67 bits per heavy atom. The maximum Gasteiger partial charge on any atom is 0.0682 e. The molecule has 0 unspecified atom stereocenters. The van der Waals surface area contributed by atoms with E-state index in [1.54, 1.807) is 0 Å².